The van der Waals surface area contributed by atoms with Crippen molar-refractivity contribution in [2.24, 2.45) is 0 Å². The summed E-state index contributed by atoms with van der Waals surface area (Å²) in [5.74, 6) is 2.47. The van der Waals surface area contributed by atoms with Gasteiger partial charge in [0.25, 0.3) is 0 Å². The number of fused-ring (bicyclic) bond motifs is 7. The van der Waals surface area contributed by atoms with Crippen molar-refractivity contribution < 1.29 is 4.42 Å². The molecule has 0 bridgehead atoms. The Kier molecular flexibility index (Phi) is 5.85. The molecule has 0 saturated carbocycles. The van der Waals surface area contributed by atoms with Gasteiger partial charge in [0.15, 0.2) is 23.1 Å². The van der Waals surface area contributed by atoms with Crippen molar-refractivity contribution in [1.82, 2.24) is 19.9 Å². The van der Waals surface area contributed by atoms with Crippen LogP contribution in [0.4, 0.5) is 0 Å². The van der Waals surface area contributed by atoms with Crippen LogP contribution < -0.4 is 0 Å². The van der Waals surface area contributed by atoms with Gasteiger partial charge in [-0.2, -0.15) is 0 Å². The van der Waals surface area contributed by atoms with Gasteiger partial charge >= 0.3 is 0 Å². The van der Waals surface area contributed by atoms with Crippen molar-refractivity contribution in [2.75, 3.05) is 0 Å². The summed E-state index contributed by atoms with van der Waals surface area (Å²) in [6.45, 7) is 0. The van der Waals surface area contributed by atoms with Crippen LogP contribution in [0.5, 0.6) is 0 Å². The zero-order valence-electron chi connectivity index (χ0n) is 24.7. The van der Waals surface area contributed by atoms with Gasteiger partial charge in [0.1, 0.15) is 5.52 Å². The van der Waals surface area contributed by atoms with Crippen LogP contribution in [0.1, 0.15) is 0 Å². The predicted octanol–water partition coefficient (Wildman–Crippen LogP) is 11.4. The average Bonchev–Trinajstić information content (AvgIpc) is 3.84. The standard InChI is InChI=1S/C40H22N4OS2/c1-5-11-33-27(7-1)29-21-25(17-19-35(29)46-33)38-42-37(23-13-15-24(16-14-23)40-41-31-9-3-4-10-32(31)45-40)43-39(44-38)26-18-20-36-30(22-26)28-8-2-6-12-34(28)47-36/h1-22H. The molecule has 7 heteroatoms. The molecule has 6 aromatic carbocycles. The highest BCUT2D eigenvalue weighted by atomic mass is 32.1. The van der Waals surface area contributed by atoms with Crippen LogP contribution in [0.2, 0.25) is 0 Å². The zero-order valence-corrected chi connectivity index (χ0v) is 26.3. The second kappa shape index (κ2) is 10.4. The van der Waals surface area contributed by atoms with Crippen LogP contribution in [0.15, 0.2) is 138 Å². The molecule has 47 heavy (non-hydrogen) atoms. The van der Waals surface area contributed by atoms with Crippen LogP contribution >= 0.6 is 22.7 Å². The molecule has 0 atom stereocenters. The zero-order chi connectivity index (χ0) is 30.9. The van der Waals surface area contributed by atoms with E-state index in [4.69, 9.17) is 19.4 Å². The topological polar surface area (TPSA) is 64.7 Å². The predicted molar refractivity (Wildman–Crippen MR) is 195 cm³/mol. The number of para-hydroxylation sites is 2. The van der Waals surface area contributed by atoms with Gasteiger partial charge in [0, 0.05) is 62.6 Å². The van der Waals surface area contributed by atoms with Gasteiger partial charge in [-0.15, -0.1) is 22.7 Å². The number of thiophene rings is 2. The normalized spacial score (nSPS) is 11.8. The van der Waals surface area contributed by atoms with E-state index in [-0.39, 0.29) is 0 Å². The smallest absolute Gasteiger partial charge is 0.227 e. The molecule has 0 spiro atoms. The lowest BCUT2D eigenvalue weighted by molar-refractivity contribution is 0.620. The first-order valence-electron chi connectivity index (χ1n) is 15.3. The number of aromatic nitrogens is 4. The summed E-state index contributed by atoms with van der Waals surface area (Å²) >= 11 is 3.61. The molecule has 5 nitrogen and oxygen atoms in total. The molecule has 10 aromatic rings. The first-order valence-corrected chi connectivity index (χ1v) is 16.9. The Hall–Kier alpha value is -5.76. The molecule has 4 aromatic heterocycles. The number of oxazole rings is 1. The number of hydrogen-bond acceptors (Lipinski definition) is 7. The third-order valence-corrected chi connectivity index (χ3v) is 10.9. The molecule has 0 saturated heterocycles. The molecule has 0 amide bonds. The van der Waals surface area contributed by atoms with Crippen molar-refractivity contribution in [1.29, 1.82) is 0 Å². The molecule has 4 heterocycles. The Balaban J connectivity index is 1.13. The van der Waals surface area contributed by atoms with Gasteiger partial charge in [-0.1, -0.05) is 60.7 Å². The fourth-order valence-electron chi connectivity index (χ4n) is 6.25. The summed E-state index contributed by atoms with van der Waals surface area (Å²) in [5, 5.41) is 4.91. The minimum atomic E-state index is 0.586. The lowest BCUT2D eigenvalue weighted by Gasteiger charge is -2.09. The van der Waals surface area contributed by atoms with Gasteiger partial charge in [0.05, 0.1) is 0 Å². The average molecular weight is 639 g/mol. The van der Waals surface area contributed by atoms with Gasteiger partial charge in [-0.05, 0) is 72.8 Å². The van der Waals surface area contributed by atoms with E-state index >= 15 is 0 Å². The first-order chi connectivity index (χ1) is 23.2. The van der Waals surface area contributed by atoms with Gasteiger partial charge in [-0.3, -0.25) is 0 Å². The Labute approximate surface area is 276 Å². The summed E-state index contributed by atoms with van der Waals surface area (Å²) in [7, 11) is 0. The molecular weight excluding hydrogens is 617 g/mol. The Morgan fingerprint density at radius 3 is 1.45 bits per heavy atom. The van der Waals surface area contributed by atoms with E-state index in [0.717, 1.165) is 33.4 Å². The third kappa shape index (κ3) is 4.43. The molecule has 0 aliphatic rings. The number of nitrogens with zero attached hydrogens (tertiary/aromatic N) is 4. The highest BCUT2D eigenvalue weighted by Gasteiger charge is 2.16. The van der Waals surface area contributed by atoms with Crippen LogP contribution in [-0.4, -0.2) is 19.9 Å². The van der Waals surface area contributed by atoms with Gasteiger partial charge in [0.2, 0.25) is 5.89 Å². The Bertz CT molecular complexity index is 2650. The Morgan fingerprint density at radius 2 is 0.851 bits per heavy atom. The molecule has 0 unspecified atom stereocenters. The lowest BCUT2D eigenvalue weighted by Crippen LogP contribution is -2.00. The maximum Gasteiger partial charge on any atom is 0.227 e. The highest BCUT2D eigenvalue weighted by Crippen LogP contribution is 2.38. The van der Waals surface area contributed by atoms with Crippen molar-refractivity contribution in [2.45, 2.75) is 0 Å². The van der Waals surface area contributed by atoms with Crippen molar-refractivity contribution in [3.05, 3.63) is 133 Å². The van der Waals surface area contributed by atoms with Crippen LogP contribution in [0.3, 0.4) is 0 Å². The summed E-state index contributed by atoms with van der Waals surface area (Å²) in [6.07, 6.45) is 0. The summed E-state index contributed by atoms with van der Waals surface area (Å²) < 4.78 is 11.1. The van der Waals surface area contributed by atoms with E-state index in [0.29, 0.717) is 23.4 Å². The fourth-order valence-corrected chi connectivity index (χ4v) is 8.42. The molecule has 0 fully saturated rings. The minimum absolute atomic E-state index is 0.586. The molecule has 10 rings (SSSR count). The van der Waals surface area contributed by atoms with Crippen molar-refractivity contribution in [3.8, 4) is 45.6 Å². The largest absolute Gasteiger partial charge is 0.436 e. The third-order valence-electron chi connectivity index (χ3n) is 8.59. The Morgan fingerprint density at radius 1 is 0.383 bits per heavy atom. The number of benzene rings is 6. The molecule has 0 aliphatic carbocycles. The van der Waals surface area contributed by atoms with Crippen molar-refractivity contribution in [3.63, 3.8) is 0 Å². The van der Waals surface area contributed by atoms with E-state index < -0.39 is 0 Å². The highest BCUT2D eigenvalue weighted by molar-refractivity contribution is 7.26. The molecule has 0 radical (unpaired) electrons. The molecule has 220 valence electrons. The molecule has 0 N–H and O–H groups in total. The van der Waals surface area contributed by atoms with Crippen LogP contribution in [0, 0.1) is 0 Å². The van der Waals surface area contributed by atoms with E-state index in [2.05, 4.69) is 89.9 Å². The fraction of sp³-hybridized carbons (Fsp3) is 0. The minimum Gasteiger partial charge on any atom is -0.436 e. The summed E-state index contributed by atoms with van der Waals surface area (Å²) in [4.78, 5) is 19.9. The summed E-state index contributed by atoms with van der Waals surface area (Å²) in [6, 6.07) is 46.0. The van der Waals surface area contributed by atoms with Gasteiger partial charge < -0.3 is 4.42 Å². The van der Waals surface area contributed by atoms with E-state index in [1.807, 2.05) is 48.5 Å². The molecule has 0 aliphatic heterocycles. The van der Waals surface area contributed by atoms with E-state index in [1.165, 1.54) is 40.3 Å². The van der Waals surface area contributed by atoms with Crippen molar-refractivity contribution >= 4 is 74.1 Å². The lowest BCUT2D eigenvalue weighted by atomic mass is 10.1. The monoisotopic (exact) mass is 638 g/mol. The van der Waals surface area contributed by atoms with E-state index in [9.17, 15) is 0 Å². The van der Waals surface area contributed by atoms with Gasteiger partial charge in [-0.25, -0.2) is 19.9 Å². The summed E-state index contributed by atoms with van der Waals surface area (Å²) in [5.41, 5.74) is 5.29. The molecular formula is C40H22N4OS2. The number of rotatable bonds is 4. The quantitative estimate of drug-likeness (QED) is 0.192. The number of hydrogen-bond donors (Lipinski definition) is 0. The van der Waals surface area contributed by atoms with Crippen LogP contribution in [0.25, 0.3) is 97.1 Å². The maximum atomic E-state index is 6.02. The second-order valence-electron chi connectivity index (χ2n) is 11.5. The maximum absolute atomic E-state index is 6.02. The first kappa shape index (κ1) is 26.5. The van der Waals surface area contributed by atoms with Crippen LogP contribution in [-0.2, 0) is 0 Å². The SMILES string of the molecule is c1ccc2oc(-c3ccc(-c4nc(-c5ccc6sc7ccccc7c6c5)nc(-c5ccc6sc7ccccc7c6c5)n4)cc3)nc2c1. The second-order valence-corrected chi connectivity index (χ2v) is 13.7. The van der Waals surface area contributed by atoms with E-state index in [1.54, 1.807) is 22.7 Å².